The molecule has 0 bridgehead atoms. The van der Waals surface area contributed by atoms with Crippen LogP contribution in [0.5, 0.6) is 0 Å². The minimum atomic E-state index is -0.191. The highest BCUT2D eigenvalue weighted by Crippen LogP contribution is 2.04. The van der Waals surface area contributed by atoms with E-state index in [-0.39, 0.29) is 18.0 Å². The maximum absolute atomic E-state index is 11.8. The van der Waals surface area contributed by atoms with E-state index in [0.29, 0.717) is 6.54 Å². The number of benzene rings is 1. The number of aryl methyl sites for hydroxylation is 1. The molecule has 1 fully saturated rings. The molecule has 0 aromatic heterocycles. The molecule has 1 amide bonds. The molecule has 1 aliphatic rings. The predicted octanol–water partition coefficient (Wildman–Crippen LogP) is 0.105. The summed E-state index contributed by atoms with van der Waals surface area (Å²) in [6.45, 7) is 2.65. The summed E-state index contributed by atoms with van der Waals surface area (Å²) in [6.07, 6.45) is 1.93. The van der Waals surface area contributed by atoms with Gasteiger partial charge >= 0.3 is 0 Å². The quantitative estimate of drug-likeness (QED) is 0.597. The van der Waals surface area contributed by atoms with E-state index < -0.39 is 0 Å². The fourth-order valence-electron chi connectivity index (χ4n) is 1.94. The standard InChI is InChI=1S/C13H20N4O/c1-10(7-8-11-5-3-2-4-6-11)15-13(18)12-9-14-17-16-12/h2-6,10,12,14,16-17H,7-9H2,1H3,(H,15,18). The van der Waals surface area contributed by atoms with E-state index in [1.54, 1.807) is 0 Å². The Bertz CT molecular complexity index is 376. The molecule has 2 rings (SSSR count). The highest BCUT2D eigenvalue weighted by Gasteiger charge is 2.22. The van der Waals surface area contributed by atoms with Crippen LogP contribution in [0.15, 0.2) is 30.3 Å². The lowest BCUT2D eigenvalue weighted by atomic mass is 10.1. The Hall–Kier alpha value is -1.43. The third-order valence-electron chi connectivity index (χ3n) is 3.05. The molecule has 1 aromatic carbocycles. The van der Waals surface area contributed by atoms with E-state index in [2.05, 4.69) is 33.8 Å². The van der Waals surface area contributed by atoms with Crippen molar-refractivity contribution >= 4 is 5.91 Å². The zero-order chi connectivity index (χ0) is 12.8. The van der Waals surface area contributed by atoms with Crippen LogP contribution in [0, 0.1) is 0 Å². The molecular formula is C13H20N4O. The number of carbonyl (C=O) groups is 1. The Morgan fingerprint density at radius 1 is 1.44 bits per heavy atom. The minimum absolute atomic E-state index is 0.0352. The van der Waals surface area contributed by atoms with Crippen LogP contribution < -0.4 is 21.7 Å². The number of hydrogen-bond acceptors (Lipinski definition) is 4. The van der Waals surface area contributed by atoms with E-state index in [0.717, 1.165) is 12.8 Å². The lowest BCUT2D eigenvalue weighted by Crippen LogP contribution is -2.47. The van der Waals surface area contributed by atoms with Crippen LogP contribution in [-0.2, 0) is 11.2 Å². The summed E-state index contributed by atoms with van der Waals surface area (Å²) in [4.78, 5) is 11.8. The lowest BCUT2D eigenvalue weighted by Gasteiger charge is -2.16. The van der Waals surface area contributed by atoms with Gasteiger partial charge < -0.3 is 5.32 Å². The van der Waals surface area contributed by atoms with Crippen LogP contribution in [0.3, 0.4) is 0 Å². The van der Waals surface area contributed by atoms with Crippen molar-refractivity contribution in [3.05, 3.63) is 35.9 Å². The van der Waals surface area contributed by atoms with Crippen molar-refractivity contribution in [1.82, 2.24) is 21.7 Å². The molecule has 5 nitrogen and oxygen atoms in total. The molecule has 0 radical (unpaired) electrons. The first kappa shape index (κ1) is 13.0. The molecule has 0 spiro atoms. The van der Waals surface area contributed by atoms with Gasteiger partial charge in [0.15, 0.2) is 0 Å². The summed E-state index contributed by atoms with van der Waals surface area (Å²) >= 11 is 0. The van der Waals surface area contributed by atoms with Crippen LogP contribution in [-0.4, -0.2) is 24.5 Å². The van der Waals surface area contributed by atoms with E-state index >= 15 is 0 Å². The average molecular weight is 248 g/mol. The van der Waals surface area contributed by atoms with Crippen molar-refractivity contribution in [3.63, 3.8) is 0 Å². The van der Waals surface area contributed by atoms with Crippen molar-refractivity contribution in [1.29, 1.82) is 0 Å². The summed E-state index contributed by atoms with van der Waals surface area (Å²) < 4.78 is 0. The Morgan fingerprint density at radius 3 is 2.89 bits per heavy atom. The maximum atomic E-state index is 11.8. The Labute approximate surface area is 107 Å². The summed E-state index contributed by atoms with van der Waals surface area (Å²) in [5, 5.41) is 3.01. The van der Waals surface area contributed by atoms with Gasteiger partial charge in [-0.1, -0.05) is 30.3 Å². The zero-order valence-corrected chi connectivity index (χ0v) is 10.6. The summed E-state index contributed by atoms with van der Waals surface area (Å²) in [5.74, 6) is 0.0352. The topological polar surface area (TPSA) is 65.2 Å². The second-order valence-corrected chi connectivity index (χ2v) is 4.64. The number of hydrazine groups is 2. The molecular weight excluding hydrogens is 228 g/mol. The van der Waals surface area contributed by atoms with Crippen molar-refractivity contribution in [3.8, 4) is 0 Å². The van der Waals surface area contributed by atoms with Crippen LogP contribution in [0.1, 0.15) is 18.9 Å². The molecule has 1 aliphatic heterocycles. The molecule has 4 N–H and O–H groups in total. The molecule has 1 aromatic rings. The molecule has 2 unspecified atom stereocenters. The largest absolute Gasteiger partial charge is 0.352 e. The number of nitrogens with one attached hydrogen (secondary N) is 4. The minimum Gasteiger partial charge on any atom is -0.352 e. The number of carbonyl (C=O) groups excluding carboxylic acids is 1. The zero-order valence-electron chi connectivity index (χ0n) is 10.6. The Morgan fingerprint density at radius 2 is 2.22 bits per heavy atom. The van der Waals surface area contributed by atoms with Gasteiger partial charge in [0, 0.05) is 12.6 Å². The molecule has 1 heterocycles. The van der Waals surface area contributed by atoms with Crippen molar-refractivity contribution in [2.24, 2.45) is 0 Å². The lowest BCUT2D eigenvalue weighted by molar-refractivity contribution is -0.123. The van der Waals surface area contributed by atoms with Gasteiger partial charge in [-0.2, -0.15) is 5.53 Å². The normalized spacial score (nSPS) is 20.6. The molecule has 18 heavy (non-hydrogen) atoms. The highest BCUT2D eigenvalue weighted by molar-refractivity contribution is 5.82. The smallest absolute Gasteiger partial charge is 0.240 e. The Balaban J connectivity index is 1.71. The van der Waals surface area contributed by atoms with Crippen molar-refractivity contribution in [2.75, 3.05) is 6.54 Å². The van der Waals surface area contributed by atoms with Crippen molar-refractivity contribution < 1.29 is 4.79 Å². The first-order chi connectivity index (χ1) is 8.75. The van der Waals surface area contributed by atoms with Gasteiger partial charge in [0.2, 0.25) is 5.91 Å². The van der Waals surface area contributed by atoms with Gasteiger partial charge in [0.1, 0.15) is 6.04 Å². The number of amides is 1. The van der Waals surface area contributed by atoms with Crippen LogP contribution in [0.2, 0.25) is 0 Å². The summed E-state index contributed by atoms with van der Waals surface area (Å²) in [7, 11) is 0. The predicted molar refractivity (Wildman–Crippen MR) is 70.4 cm³/mol. The van der Waals surface area contributed by atoms with Crippen LogP contribution in [0.25, 0.3) is 0 Å². The summed E-state index contributed by atoms with van der Waals surface area (Å²) in [6, 6.07) is 10.3. The molecule has 0 saturated carbocycles. The average Bonchev–Trinajstić information content (AvgIpc) is 2.91. The van der Waals surface area contributed by atoms with E-state index in [9.17, 15) is 4.79 Å². The van der Waals surface area contributed by atoms with Gasteiger partial charge in [-0.05, 0) is 25.3 Å². The second kappa shape index (κ2) is 6.49. The first-order valence-corrected chi connectivity index (χ1v) is 6.33. The van der Waals surface area contributed by atoms with Gasteiger partial charge in [-0.25, -0.2) is 10.9 Å². The number of hydrogen-bond donors (Lipinski definition) is 4. The monoisotopic (exact) mass is 248 g/mol. The van der Waals surface area contributed by atoms with E-state index in [1.165, 1.54) is 5.56 Å². The van der Waals surface area contributed by atoms with E-state index in [1.807, 2.05) is 25.1 Å². The maximum Gasteiger partial charge on any atom is 0.240 e. The molecule has 98 valence electrons. The van der Waals surface area contributed by atoms with Crippen LogP contribution in [0.4, 0.5) is 0 Å². The Kier molecular flexibility index (Phi) is 4.69. The van der Waals surface area contributed by atoms with Crippen molar-refractivity contribution in [2.45, 2.75) is 31.8 Å². The van der Waals surface area contributed by atoms with Gasteiger partial charge in [-0.15, -0.1) is 0 Å². The molecule has 1 saturated heterocycles. The third kappa shape index (κ3) is 3.80. The fourth-order valence-corrected chi connectivity index (χ4v) is 1.94. The summed E-state index contributed by atoms with van der Waals surface area (Å²) in [5.41, 5.74) is 9.75. The third-order valence-corrected chi connectivity index (χ3v) is 3.05. The van der Waals surface area contributed by atoms with Crippen LogP contribution >= 0.6 is 0 Å². The fraction of sp³-hybridized carbons (Fsp3) is 0.462. The highest BCUT2D eigenvalue weighted by atomic mass is 16.2. The van der Waals surface area contributed by atoms with Gasteiger partial charge in [-0.3, -0.25) is 4.79 Å². The van der Waals surface area contributed by atoms with Gasteiger partial charge in [0.25, 0.3) is 0 Å². The first-order valence-electron chi connectivity index (χ1n) is 6.33. The second-order valence-electron chi connectivity index (χ2n) is 4.64. The SMILES string of the molecule is CC(CCc1ccccc1)NC(=O)C1CNNN1. The molecule has 0 aliphatic carbocycles. The molecule has 5 heteroatoms. The number of rotatable bonds is 5. The van der Waals surface area contributed by atoms with Gasteiger partial charge in [0.05, 0.1) is 0 Å². The van der Waals surface area contributed by atoms with E-state index in [4.69, 9.17) is 0 Å². The molecule has 2 atom stereocenters.